The highest BCUT2D eigenvalue weighted by atomic mass is 79.9. The molecule has 1 rings (SSSR count). The molecule has 0 heterocycles. The molecule has 0 aliphatic carbocycles. The van der Waals surface area contributed by atoms with Crippen molar-refractivity contribution in [3.05, 3.63) is 34.1 Å². The first kappa shape index (κ1) is 12.6. The van der Waals surface area contributed by atoms with Gasteiger partial charge in [-0.2, -0.15) is 0 Å². The lowest BCUT2D eigenvalue weighted by atomic mass is 10.1. The third-order valence-electron chi connectivity index (χ3n) is 1.75. The fourth-order valence-electron chi connectivity index (χ4n) is 1.06. The molecule has 0 bridgehead atoms. The van der Waals surface area contributed by atoms with Crippen molar-refractivity contribution in [3.8, 4) is 0 Å². The van der Waals surface area contributed by atoms with Crippen molar-refractivity contribution in [2.45, 2.75) is 26.0 Å². The Morgan fingerprint density at radius 3 is 2.67 bits per heavy atom. The van der Waals surface area contributed by atoms with Crippen LogP contribution in [0, 0.1) is 5.82 Å². The molecule has 0 unspecified atom stereocenters. The summed E-state index contributed by atoms with van der Waals surface area (Å²) in [6.45, 7) is 4.69. The summed E-state index contributed by atoms with van der Waals surface area (Å²) >= 11 is 3.28. The lowest BCUT2D eigenvalue weighted by molar-refractivity contribution is 0.0847. The minimum absolute atomic E-state index is 0.259. The summed E-state index contributed by atoms with van der Waals surface area (Å²) in [4.78, 5) is 0. The predicted octanol–water partition coefficient (Wildman–Crippen LogP) is 2.84. The zero-order chi connectivity index (χ0) is 11.5. The van der Waals surface area contributed by atoms with E-state index in [0.29, 0.717) is 13.2 Å². The topological polar surface area (TPSA) is 35.2 Å². The average Bonchev–Trinajstić information content (AvgIpc) is 2.07. The predicted molar refractivity (Wildman–Crippen MR) is 62.0 cm³/mol. The zero-order valence-corrected chi connectivity index (χ0v) is 10.5. The second-order valence-electron chi connectivity index (χ2n) is 4.22. The van der Waals surface area contributed by atoms with Crippen LogP contribution in [0.4, 0.5) is 4.39 Å². The summed E-state index contributed by atoms with van der Waals surface area (Å²) < 4.78 is 18.9. The molecule has 0 aliphatic rings. The Morgan fingerprint density at radius 1 is 1.47 bits per heavy atom. The van der Waals surface area contributed by atoms with Gasteiger partial charge < -0.3 is 10.5 Å². The van der Waals surface area contributed by atoms with Crippen LogP contribution in [0.15, 0.2) is 22.7 Å². The van der Waals surface area contributed by atoms with E-state index in [1.54, 1.807) is 6.07 Å². The second-order valence-corrected chi connectivity index (χ2v) is 5.07. The van der Waals surface area contributed by atoms with Crippen LogP contribution in [0.5, 0.6) is 0 Å². The van der Waals surface area contributed by atoms with Crippen LogP contribution in [0.1, 0.15) is 19.4 Å². The van der Waals surface area contributed by atoms with Crippen molar-refractivity contribution in [1.29, 1.82) is 0 Å². The Labute approximate surface area is 97.7 Å². The van der Waals surface area contributed by atoms with Crippen molar-refractivity contribution >= 4 is 15.9 Å². The number of hydrogen-bond acceptors (Lipinski definition) is 2. The molecule has 15 heavy (non-hydrogen) atoms. The molecule has 0 saturated heterocycles. The zero-order valence-electron chi connectivity index (χ0n) is 8.89. The molecule has 0 spiro atoms. The van der Waals surface area contributed by atoms with Crippen LogP contribution in [0.25, 0.3) is 0 Å². The summed E-state index contributed by atoms with van der Waals surface area (Å²) in [6.07, 6.45) is 0. The highest BCUT2D eigenvalue weighted by Crippen LogP contribution is 2.19. The van der Waals surface area contributed by atoms with E-state index in [0.717, 1.165) is 10.0 Å². The second kappa shape index (κ2) is 5.05. The van der Waals surface area contributed by atoms with Gasteiger partial charge in [0.25, 0.3) is 0 Å². The van der Waals surface area contributed by atoms with E-state index in [4.69, 9.17) is 10.5 Å². The van der Waals surface area contributed by atoms with Gasteiger partial charge in [0.15, 0.2) is 0 Å². The summed E-state index contributed by atoms with van der Waals surface area (Å²) in [6, 6.07) is 4.53. The van der Waals surface area contributed by atoms with Crippen LogP contribution in [-0.2, 0) is 11.3 Å². The van der Waals surface area contributed by atoms with Crippen LogP contribution in [0.2, 0.25) is 0 Å². The first-order valence-corrected chi connectivity index (χ1v) is 5.48. The SMILES string of the molecule is CC(C)(N)COCc1ccc(F)cc1Br. The Morgan fingerprint density at radius 2 is 2.13 bits per heavy atom. The maximum atomic E-state index is 12.8. The van der Waals surface area contributed by atoms with Gasteiger partial charge in [-0.3, -0.25) is 0 Å². The molecule has 84 valence electrons. The molecule has 0 fully saturated rings. The minimum Gasteiger partial charge on any atom is -0.375 e. The Bertz CT molecular complexity index is 336. The van der Waals surface area contributed by atoms with Gasteiger partial charge in [0.1, 0.15) is 5.82 Å². The van der Waals surface area contributed by atoms with E-state index in [2.05, 4.69) is 15.9 Å². The molecule has 0 saturated carbocycles. The van der Waals surface area contributed by atoms with Crippen LogP contribution in [-0.4, -0.2) is 12.1 Å². The number of benzene rings is 1. The van der Waals surface area contributed by atoms with Gasteiger partial charge in [-0.05, 0) is 31.5 Å². The number of hydrogen-bond donors (Lipinski definition) is 1. The van der Waals surface area contributed by atoms with Crippen molar-refractivity contribution < 1.29 is 9.13 Å². The van der Waals surface area contributed by atoms with Gasteiger partial charge in [-0.15, -0.1) is 0 Å². The molecule has 0 aromatic heterocycles. The maximum absolute atomic E-state index is 12.8. The average molecular weight is 276 g/mol. The Balaban J connectivity index is 2.51. The Hall–Kier alpha value is -0.450. The molecule has 2 N–H and O–H groups in total. The standard InChI is InChI=1S/C11H15BrFNO/c1-11(2,14)7-15-6-8-3-4-9(13)5-10(8)12/h3-5H,6-7,14H2,1-2H3. The lowest BCUT2D eigenvalue weighted by Crippen LogP contribution is -2.37. The molecule has 0 aliphatic heterocycles. The fourth-order valence-corrected chi connectivity index (χ4v) is 1.53. The van der Waals surface area contributed by atoms with Crippen molar-refractivity contribution in [3.63, 3.8) is 0 Å². The number of ether oxygens (including phenoxy) is 1. The van der Waals surface area contributed by atoms with Crippen LogP contribution >= 0.6 is 15.9 Å². The van der Waals surface area contributed by atoms with Crippen molar-refractivity contribution in [1.82, 2.24) is 0 Å². The number of rotatable bonds is 4. The fraction of sp³-hybridized carbons (Fsp3) is 0.455. The number of nitrogens with two attached hydrogens (primary N) is 1. The molecule has 2 nitrogen and oxygen atoms in total. The van der Waals surface area contributed by atoms with E-state index >= 15 is 0 Å². The van der Waals surface area contributed by atoms with Crippen molar-refractivity contribution in [2.24, 2.45) is 5.73 Å². The third-order valence-corrected chi connectivity index (χ3v) is 2.48. The smallest absolute Gasteiger partial charge is 0.124 e. The monoisotopic (exact) mass is 275 g/mol. The van der Waals surface area contributed by atoms with Crippen molar-refractivity contribution in [2.75, 3.05) is 6.61 Å². The summed E-state index contributed by atoms with van der Waals surface area (Å²) in [5.41, 5.74) is 6.34. The van der Waals surface area contributed by atoms with Gasteiger partial charge >= 0.3 is 0 Å². The van der Waals surface area contributed by atoms with E-state index in [1.807, 2.05) is 13.8 Å². The lowest BCUT2D eigenvalue weighted by Gasteiger charge is -2.18. The molecule has 1 aromatic carbocycles. The summed E-state index contributed by atoms with van der Waals surface area (Å²) in [5, 5.41) is 0. The molecule has 1 aromatic rings. The van der Waals surface area contributed by atoms with Gasteiger partial charge in [-0.1, -0.05) is 22.0 Å². The first-order chi connectivity index (χ1) is 6.88. The molecular formula is C11H15BrFNO. The highest BCUT2D eigenvalue weighted by molar-refractivity contribution is 9.10. The first-order valence-electron chi connectivity index (χ1n) is 4.69. The largest absolute Gasteiger partial charge is 0.375 e. The third kappa shape index (κ3) is 4.73. The molecule has 4 heteroatoms. The van der Waals surface area contributed by atoms with Crippen LogP contribution < -0.4 is 5.73 Å². The van der Waals surface area contributed by atoms with E-state index in [-0.39, 0.29) is 11.4 Å². The van der Waals surface area contributed by atoms with Crippen LogP contribution in [0.3, 0.4) is 0 Å². The quantitative estimate of drug-likeness (QED) is 0.917. The van der Waals surface area contributed by atoms with Gasteiger partial charge in [0.2, 0.25) is 0 Å². The van der Waals surface area contributed by atoms with Gasteiger partial charge in [0, 0.05) is 10.0 Å². The highest BCUT2D eigenvalue weighted by Gasteiger charge is 2.11. The Kier molecular flexibility index (Phi) is 4.25. The maximum Gasteiger partial charge on any atom is 0.124 e. The summed E-state index contributed by atoms with van der Waals surface area (Å²) in [5.74, 6) is -0.259. The van der Waals surface area contributed by atoms with E-state index in [1.165, 1.54) is 12.1 Å². The molecule has 0 radical (unpaired) electrons. The minimum atomic E-state index is -0.341. The normalized spacial score (nSPS) is 11.8. The van der Waals surface area contributed by atoms with E-state index in [9.17, 15) is 4.39 Å². The van der Waals surface area contributed by atoms with E-state index < -0.39 is 0 Å². The van der Waals surface area contributed by atoms with Gasteiger partial charge in [0.05, 0.1) is 13.2 Å². The molecule has 0 atom stereocenters. The molecular weight excluding hydrogens is 261 g/mol. The molecule has 0 amide bonds. The number of halogens is 2. The van der Waals surface area contributed by atoms with Gasteiger partial charge in [-0.25, -0.2) is 4.39 Å². The summed E-state index contributed by atoms with van der Waals surface area (Å²) in [7, 11) is 0.